The third-order valence-corrected chi connectivity index (χ3v) is 4.66. The second-order valence-corrected chi connectivity index (χ2v) is 6.13. The third-order valence-electron chi connectivity index (χ3n) is 2.46. The first-order valence-corrected chi connectivity index (χ1v) is 6.51. The van der Waals surface area contributed by atoms with E-state index in [-0.39, 0.29) is 22.0 Å². The number of carbonyl (C=O) groups excluding carboxylic acids is 1. The van der Waals surface area contributed by atoms with Gasteiger partial charge in [0.05, 0.1) is 10.6 Å². The van der Waals surface area contributed by atoms with Crippen LogP contribution in [0.4, 0.5) is 0 Å². The van der Waals surface area contributed by atoms with E-state index in [9.17, 15) is 13.2 Å². The second-order valence-electron chi connectivity index (χ2n) is 3.69. The second kappa shape index (κ2) is 3.32. The normalized spacial score (nSPS) is 23.6. The molecule has 0 fully saturated rings. The van der Waals surface area contributed by atoms with Crippen molar-refractivity contribution in [3.05, 3.63) is 28.8 Å². The number of carbonyl (C=O) groups is 1. The van der Waals surface area contributed by atoms with Crippen molar-refractivity contribution in [1.29, 1.82) is 0 Å². The number of benzene rings is 1. The van der Waals surface area contributed by atoms with Crippen LogP contribution in [0.2, 0.25) is 5.02 Å². The Kier molecular flexibility index (Phi) is 2.35. The quantitative estimate of drug-likeness (QED) is 0.701. The van der Waals surface area contributed by atoms with Gasteiger partial charge in [-0.2, -0.15) is 0 Å². The predicted molar refractivity (Wildman–Crippen MR) is 57.0 cm³/mol. The molecule has 5 heteroatoms. The van der Waals surface area contributed by atoms with Crippen LogP contribution in [0.1, 0.15) is 17.3 Å². The van der Waals surface area contributed by atoms with E-state index in [2.05, 4.69) is 0 Å². The Morgan fingerprint density at radius 3 is 2.73 bits per heavy atom. The van der Waals surface area contributed by atoms with Gasteiger partial charge in [0, 0.05) is 16.5 Å². The first-order chi connectivity index (χ1) is 6.92. The molecule has 1 aromatic carbocycles. The molecule has 0 spiro atoms. The minimum atomic E-state index is -3.32. The van der Waals surface area contributed by atoms with Crippen molar-refractivity contribution in [1.82, 2.24) is 0 Å². The fourth-order valence-electron chi connectivity index (χ4n) is 1.73. The molecule has 0 saturated heterocycles. The Bertz CT molecular complexity index is 534. The molecule has 0 unspecified atom stereocenters. The summed E-state index contributed by atoms with van der Waals surface area (Å²) in [5.74, 6) is -0.746. The van der Waals surface area contributed by atoms with Crippen molar-refractivity contribution >= 4 is 27.2 Å². The minimum absolute atomic E-state index is 0.106. The average Bonchev–Trinajstić information content (AvgIpc) is 2.13. The Morgan fingerprint density at radius 1 is 1.40 bits per heavy atom. The number of fused-ring (bicyclic) bond motifs is 1. The number of sulfone groups is 1. The predicted octanol–water partition coefficient (Wildman–Crippen LogP) is 1.95. The molecule has 0 saturated carbocycles. The number of ketones is 1. The maximum Gasteiger partial charge on any atom is 0.179 e. The zero-order chi connectivity index (χ0) is 11.2. The zero-order valence-corrected chi connectivity index (χ0v) is 9.60. The van der Waals surface area contributed by atoms with Crippen molar-refractivity contribution < 1.29 is 13.2 Å². The number of halogens is 1. The molecule has 1 aliphatic rings. The number of hydrogen-bond donors (Lipinski definition) is 0. The molecule has 1 heterocycles. The van der Waals surface area contributed by atoms with Crippen LogP contribution in [0.5, 0.6) is 0 Å². The lowest BCUT2D eigenvalue weighted by atomic mass is 10.0. The maximum atomic E-state index is 11.7. The van der Waals surface area contributed by atoms with Gasteiger partial charge < -0.3 is 0 Å². The van der Waals surface area contributed by atoms with Crippen LogP contribution in [0.15, 0.2) is 23.1 Å². The highest BCUT2D eigenvalue weighted by Crippen LogP contribution is 2.29. The highest BCUT2D eigenvalue weighted by Gasteiger charge is 2.34. The molecule has 3 nitrogen and oxygen atoms in total. The number of Topliss-reactive ketones (excluding diaryl/α,β-unsaturated/α-hetero) is 1. The standard InChI is InChI=1S/C10H9ClO3S/c1-6-5-15(13,14)9-3-2-7(11)4-8(9)10(6)12/h2-4,6H,5H2,1H3/t6-/m1/s1. The molecular weight excluding hydrogens is 236 g/mol. The third kappa shape index (κ3) is 1.68. The van der Waals surface area contributed by atoms with E-state index in [0.717, 1.165) is 0 Å². The van der Waals surface area contributed by atoms with Crippen LogP contribution in [-0.2, 0) is 9.84 Å². The topological polar surface area (TPSA) is 51.2 Å². The lowest BCUT2D eigenvalue weighted by molar-refractivity contribution is 0.0933. The summed E-state index contributed by atoms with van der Waals surface area (Å²) in [6.07, 6.45) is 0. The first kappa shape index (κ1) is 10.6. The Labute approximate surface area is 93.0 Å². The SMILES string of the molecule is C[C@@H]1CS(=O)(=O)c2ccc(Cl)cc2C1=O. The highest BCUT2D eigenvalue weighted by atomic mass is 35.5. The molecule has 80 valence electrons. The van der Waals surface area contributed by atoms with E-state index in [1.54, 1.807) is 6.92 Å². The Hall–Kier alpha value is -0.870. The van der Waals surface area contributed by atoms with Gasteiger partial charge in [-0.3, -0.25) is 4.79 Å². The minimum Gasteiger partial charge on any atom is -0.294 e. The van der Waals surface area contributed by atoms with Crippen LogP contribution >= 0.6 is 11.6 Å². The van der Waals surface area contributed by atoms with Crippen molar-refractivity contribution in [2.75, 3.05) is 5.75 Å². The summed E-state index contributed by atoms with van der Waals surface area (Å²) in [5, 5.41) is 0.381. The summed E-state index contributed by atoms with van der Waals surface area (Å²) in [6.45, 7) is 1.61. The fraction of sp³-hybridized carbons (Fsp3) is 0.300. The molecule has 2 rings (SSSR count). The summed E-state index contributed by atoms with van der Waals surface area (Å²) in [4.78, 5) is 11.8. The lowest BCUT2D eigenvalue weighted by Gasteiger charge is -2.20. The summed E-state index contributed by atoms with van der Waals surface area (Å²) in [6, 6.07) is 4.31. The maximum absolute atomic E-state index is 11.7. The molecule has 15 heavy (non-hydrogen) atoms. The molecule has 1 atom stereocenters. The fourth-order valence-corrected chi connectivity index (χ4v) is 3.66. The smallest absolute Gasteiger partial charge is 0.179 e. The zero-order valence-electron chi connectivity index (χ0n) is 8.03. The molecule has 0 radical (unpaired) electrons. The molecule has 1 aliphatic heterocycles. The monoisotopic (exact) mass is 244 g/mol. The van der Waals surface area contributed by atoms with E-state index in [4.69, 9.17) is 11.6 Å². The summed E-state index contributed by atoms with van der Waals surface area (Å²) in [5.41, 5.74) is 0.223. The van der Waals surface area contributed by atoms with Gasteiger partial charge in [0.2, 0.25) is 0 Å². The van der Waals surface area contributed by atoms with Crippen molar-refractivity contribution in [3.63, 3.8) is 0 Å². The van der Waals surface area contributed by atoms with E-state index >= 15 is 0 Å². The van der Waals surface area contributed by atoms with E-state index in [1.165, 1.54) is 18.2 Å². The average molecular weight is 245 g/mol. The van der Waals surface area contributed by atoms with E-state index in [0.29, 0.717) is 5.02 Å². The molecule has 0 aliphatic carbocycles. The van der Waals surface area contributed by atoms with Gasteiger partial charge in [-0.1, -0.05) is 18.5 Å². The van der Waals surface area contributed by atoms with Gasteiger partial charge in [-0.15, -0.1) is 0 Å². The molecule has 0 aromatic heterocycles. The van der Waals surface area contributed by atoms with Crippen molar-refractivity contribution in [3.8, 4) is 0 Å². The van der Waals surface area contributed by atoms with Crippen LogP contribution in [0.25, 0.3) is 0 Å². The Morgan fingerprint density at radius 2 is 2.07 bits per heavy atom. The number of rotatable bonds is 0. The highest BCUT2D eigenvalue weighted by molar-refractivity contribution is 7.91. The lowest BCUT2D eigenvalue weighted by Crippen LogP contribution is -2.29. The van der Waals surface area contributed by atoms with Crippen LogP contribution in [0.3, 0.4) is 0 Å². The van der Waals surface area contributed by atoms with Crippen LogP contribution in [-0.4, -0.2) is 20.0 Å². The van der Waals surface area contributed by atoms with Gasteiger partial charge in [0.15, 0.2) is 15.6 Å². The van der Waals surface area contributed by atoms with Crippen molar-refractivity contribution in [2.24, 2.45) is 5.92 Å². The van der Waals surface area contributed by atoms with Gasteiger partial charge in [0.1, 0.15) is 0 Å². The van der Waals surface area contributed by atoms with E-state index in [1.807, 2.05) is 0 Å². The molecule has 0 N–H and O–H groups in total. The molecule has 0 amide bonds. The Balaban J connectivity index is 2.75. The van der Waals surface area contributed by atoms with Gasteiger partial charge in [-0.25, -0.2) is 8.42 Å². The largest absolute Gasteiger partial charge is 0.294 e. The first-order valence-electron chi connectivity index (χ1n) is 4.48. The molecule has 1 aromatic rings. The number of hydrogen-bond acceptors (Lipinski definition) is 3. The molecular formula is C10H9ClO3S. The summed E-state index contributed by atoms with van der Waals surface area (Å²) < 4.78 is 23.5. The van der Waals surface area contributed by atoms with Gasteiger partial charge in [-0.05, 0) is 18.2 Å². The van der Waals surface area contributed by atoms with Crippen LogP contribution < -0.4 is 0 Å². The summed E-state index contributed by atoms with van der Waals surface area (Å²) >= 11 is 5.74. The molecule has 0 bridgehead atoms. The van der Waals surface area contributed by atoms with Crippen LogP contribution in [0, 0.1) is 5.92 Å². The van der Waals surface area contributed by atoms with Gasteiger partial charge >= 0.3 is 0 Å². The van der Waals surface area contributed by atoms with Crippen molar-refractivity contribution in [2.45, 2.75) is 11.8 Å². The van der Waals surface area contributed by atoms with Gasteiger partial charge in [0.25, 0.3) is 0 Å². The summed E-state index contributed by atoms with van der Waals surface area (Å²) in [7, 11) is -3.32. The van der Waals surface area contributed by atoms with E-state index < -0.39 is 15.8 Å².